The normalized spacial score (nSPS) is 10.6. The largest absolute Gasteiger partial charge is 0.350 e. The standard InChI is InChI=1S/C17H15ClFN5O/c18-15-9-12(1-3-16(15)19)2-4-17(25)21-10-13-11-24(23-22-13)14-5-7-20-8-6-14/h1,3,5-9,11H,2,4,10H2,(H,21,25). The van der Waals surface area contributed by atoms with E-state index in [1.165, 1.54) is 12.1 Å². The molecule has 0 unspecified atom stereocenters. The molecule has 128 valence electrons. The first-order valence-electron chi connectivity index (χ1n) is 7.64. The Morgan fingerprint density at radius 2 is 2.04 bits per heavy atom. The van der Waals surface area contributed by atoms with Gasteiger partial charge in [0.25, 0.3) is 0 Å². The average molecular weight is 360 g/mol. The monoisotopic (exact) mass is 359 g/mol. The summed E-state index contributed by atoms with van der Waals surface area (Å²) in [5.74, 6) is -0.592. The lowest BCUT2D eigenvalue weighted by Crippen LogP contribution is -2.23. The molecule has 2 heterocycles. The molecule has 3 aromatic rings. The topological polar surface area (TPSA) is 72.7 Å². The molecule has 0 aliphatic rings. The predicted octanol–water partition coefficient (Wildman–Crippen LogP) is 2.70. The van der Waals surface area contributed by atoms with Crippen molar-refractivity contribution in [1.82, 2.24) is 25.3 Å². The number of hydrogen-bond donors (Lipinski definition) is 1. The lowest BCUT2D eigenvalue weighted by Gasteiger charge is -2.04. The number of aryl methyl sites for hydroxylation is 1. The Balaban J connectivity index is 1.49. The molecule has 0 radical (unpaired) electrons. The molecule has 0 atom stereocenters. The highest BCUT2D eigenvalue weighted by atomic mass is 35.5. The number of carbonyl (C=O) groups is 1. The molecule has 0 aliphatic carbocycles. The predicted molar refractivity (Wildman–Crippen MR) is 90.7 cm³/mol. The molecule has 0 aliphatic heterocycles. The number of halogens is 2. The minimum Gasteiger partial charge on any atom is -0.350 e. The smallest absolute Gasteiger partial charge is 0.220 e. The number of hydrogen-bond acceptors (Lipinski definition) is 4. The van der Waals surface area contributed by atoms with E-state index >= 15 is 0 Å². The van der Waals surface area contributed by atoms with E-state index in [-0.39, 0.29) is 23.9 Å². The van der Waals surface area contributed by atoms with E-state index in [4.69, 9.17) is 11.6 Å². The van der Waals surface area contributed by atoms with E-state index in [2.05, 4.69) is 20.6 Å². The number of carbonyl (C=O) groups excluding carboxylic acids is 1. The third kappa shape index (κ3) is 4.60. The molecule has 0 saturated heterocycles. The highest BCUT2D eigenvalue weighted by molar-refractivity contribution is 6.30. The van der Waals surface area contributed by atoms with Crippen LogP contribution in [0, 0.1) is 5.82 Å². The van der Waals surface area contributed by atoms with E-state index in [1.54, 1.807) is 29.3 Å². The Bertz CT molecular complexity index is 868. The van der Waals surface area contributed by atoms with Gasteiger partial charge in [0.1, 0.15) is 11.5 Å². The fourth-order valence-corrected chi connectivity index (χ4v) is 2.44. The van der Waals surface area contributed by atoms with Gasteiger partial charge >= 0.3 is 0 Å². The molecule has 0 spiro atoms. The highest BCUT2D eigenvalue weighted by Gasteiger charge is 2.07. The molecule has 0 saturated carbocycles. The maximum atomic E-state index is 13.1. The van der Waals surface area contributed by atoms with Gasteiger partial charge in [-0.2, -0.15) is 0 Å². The van der Waals surface area contributed by atoms with Crippen molar-refractivity contribution in [2.75, 3.05) is 0 Å². The summed E-state index contributed by atoms with van der Waals surface area (Å²) in [5, 5.41) is 10.9. The number of aromatic nitrogens is 4. The van der Waals surface area contributed by atoms with Crippen molar-refractivity contribution in [3.8, 4) is 5.69 Å². The van der Waals surface area contributed by atoms with E-state index in [9.17, 15) is 9.18 Å². The van der Waals surface area contributed by atoms with E-state index in [1.807, 2.05) is 12.1 Å². The van der Waals surface area contributed by atoms with Crippen LogP contribution in [0.2, 0.25) is 5.02 Å². The summed E-state index contributed by atoms with van der Waals surface area (Å²) < 4.78 is 14.7. The quantitative estimate of drug-likeness (QED) is 0.734. The lowest BCUT2D eigenvalue weighted by atomic mass is 10.1. The second-order valence-electron chi connectivity index (χ2n) is 5.39. The van der Waals surface area contributed by atoms with Crippen LogP contribution in [0.15, 0.2) is 48.9 Å². The van der Waals surface area contributed by atoms with Crippen LogP contribution in [0.4, 0.5) is 4.39 Å². The van der Waals surface area contributed by atoms with Gasteiger partial charge in [-0.15, -0.1) is 5.10 Å². The minimum atomic E-state index is -0.466. The highest BCUT2D eigenvalue weighted by Crippen LogP contribution is 2.17. The molecule has 6 nitrogen and oxygen atoms in total. The second-order valence-corrected chi connectivity index (χ2v) is 5.79. The van der Waals surface area contributed by atoms with Crippen molar-refractivity contribution in [3.05, 3.63) is 71.0 Å². The van der Waals surface area contributed by atoms with Gasteiger partial charge in [0.05, 0.1) is 23.5 Å². The molecule has 0 fully saturated rings. The van der Waals surface area contributed by atoms with Crippen LogP contribution >= 0.6 is 11.6 Å². The Morgan fingerprint density at radius 3 is 2.80 bits per heavy atom. The van der Waals surface area contributed by atoms with Crippen molar-refractivity contribution < 1.29 is 9.18 Å². The zero-order chi connectivity index (χ0) is 17.6. The maximum Gasteiger partial charge on any atom is 0.220 e. The molecule has 2 aromatic heterocycles. The Kier molecular flexibility index (Phi) is 5.35. The van der Waals surface area contributed by atoms with Gasteiger partial charge in [-0.1, -0.05) is 22.9 Å². The van der Waals surface area contributed by atoms with Crippen LogP contribution in [-0.2, 0) is 17.8 Å². The zero-order valence-corrected chi connectivity index (χ0v) is 13.9. The number of rotatable bonds is 6. The summed E-state index contributed by atoms with van der Waals surface area (Å²) in [6.45, 7) is 0.286. The number of pyridine rings is 1. The van der Waals surface area contributed by atoms with Crippen LogP contribution in [0.3, 0.4) is 0 Å². The summed E-state index contributed by atoms with van der Waals surface area (Å²) in [4.78, 5) is 15.9. The van der Waals surface area contributed by atoms with E-state index in [0.717, 1.165) is 11.3 Å². The van der Waals surface area contributed by atoms with Crippen LogP contribution in [0.25, 0.3) is 5.69 Å². The van der Waals surface area contributed by atoms with Gasteiger partial charge in [-0.25, -0.2) is 9.07 Å². The number of benzene rings is 1. The Morgan fingerprint density at radius 1 is 1.24 bits per heavy atom. The second kappa shape index (κ2) is 7.85. The molecule has 3 rings (SSSR count). The summed E-state index contributed by atoms with van der Waals surface area (Å²) >= 11 is 5.73. The maximum absolute atomic E-state index is 13.1. The van der Waals surface area contributed by atoms with E-state index in [0.29, 0.717) is 12.1 Å². The molecule has 25 heavy (non-hydrogen) atoms. The molecule has 1 N–H and O–H groups in total. The third-order valence-corrected chi connectivity index (χ3v) is 3.85. The van der Waals surface area contributed by atoms with Crippen LogP contribution in [0.5, 0.6) is 0 Å². The first-order chi connectivity index (χ1) is 12.1. The first-order valence-corrected chi connectivity index (χ1v) is 8.02. The van der Waals surface area contributed by atoms with Gasteiger partial charge < -0.3 is 5.32 Å². The molecule has 0 bridgehead atoms. The summed E-state index contributed by atoms with van der Waals surface area (Å²) in [7, 11) is 0. The molecule has 1 aromatic carbocycles. The molecular weight excluding hydrogens is 345 g/mol. The number of nitrogens with zero attached hydrogens (tertiary/aromatic N) is 4. The molecular formula is C17H15ClFN5O. The van der Waals surface area contributed by atoms with Gasteiger partial charge in [-0.3, -0.25) is 9.78 Å². The Labute approximate surface area is 148 Å². The van der Waals surface area contributed by atoms with Gasteiger partial charge in [-0.05, 0) is 36.2 Å². The number of nitrogens with one attached hydrogen (secondary N) is 1. The fraction of sp³-hybridized carbons (Fsp3) is 0.176. The van der Waals surface area contributed by atoms with Crippen molar-refractivity contribution in [1.29, 1.82) is 0 Å². The third-order valence-electron chi connectivity index (χ3n) is 3.56. The summed E-state index contributed by atoms with van der Waals surface area (Å²) in [5.41, 5.74) is 2.30. The van der Waals surface area contributed by atoms with Gasteiger partial charge in [0, 0.05) is 18.8 Å². The summed E-state index contributed by atoms with van der Waals surface area (Å²) in [6, 6.07) is 8.07. The molecule has 1 amide bonds. The van der Waals surface area contributed by atoms with Gasteiger partial charge in [0.2, 0.25) is 5.91 Å². The van der Waals surface area contributed by atoms with Gasteiger partial charge in [0.15, 0.2) is 0 Å². The summed E-state index contributed by atoms with van der Waals surface area (Å²) in [6.07, 6.45) is 5.84. The van der Waals surface area contributed by atoms with Crippen molar-refractivity contribution in [3.63, 3.8) is 0 Å². The first kappa shape index (κ1) is 17.0. The van der Waals surface area contributed by atoms with Crippen LogP contribution < -0.4 is 5.32 Å². The van der Waals surface area contributed by atoms with Crippen LogP contribution in [0.1, 0.15) is 17.7 Å². The van der Waals surface area contributed by atoms with Crippen molar-refractivity contribution in [2.45, 2.75) is 19.4 Å². The van der Waals surface area contributed by atoms with E-state index < -0.39 is 5.82 Å². The van der Waals surface area contributed by atoms with Crippen LogP contribution in [-0.4, -0.2) is 25.9 Å². The van der Waals surface area contributed by atoms with Crippen molar-refractivity contribution in [2.24, 2.45) is 0 Å². The zero-order valence-electron chi connectivity index (χ0n) is 13.2. The lowest BCUT2D eigenvalue weighted by molar-refractivity contribution is -0.121. The minimum absolute atomic E-state index is 0.0608. The molecule has 8 heteroatoms. The Hall–Kier alpha value is -2.80. The SMILES string of the molecule is O=C(CCc1ccc(F)c(Cl)c1)NCc1cn(-c2ccncc2)nn1. The van der Waals surface area contributed by atoms with Crippen molar-refractivity contribution >= 4 is 17.5 Å². The number of amides is 1. The average Bonchev–Trinajstić information content (AvgIpc) is 3.11. The fourth-order valence-electron chi connectivity index (χ4n) is 2.23.